The van der Waals surface area contributed by atoms with E-state index in [-0.39, 0.29) is 4.91 Å². The molecule has 1 amide bonds. The van der Waals surface area contributed by atoms with E-state index in [1.165, 1.54) is 0 Å². The highest BCUT2D eigenvalue weighted by Gasteiger charge is 2.05. The zero-order valence-corrected chi connectivity index (χ0v) is 9.45. The summed E-state index contributed by atoms with van der Waals surface area (Å²) in [5.41, 5.74) is 5.91. The van der Waals surface area contributed by atoms with E-state index in [1.54, 1.807) is 37.5 Å². The van der Waals surface area contributed by atoms with Crippen LogP contribution in [0.3, 0.4) is 0 Å². The second kappa shape index (κ2) is 5.83. The van der Waals surface area contributed by atoms with Crippen molar-refractivity contribution >= 4 is 23.7 Å². The maximum atomic E-state index is 11.0. The molecule has 0 heterocycles. The van der Waals surface area contributed by atoms with Crippen molar-refractivity contribution in [3.05, 3.63) is 34.7 Å². The second-order valence-electron chi connectivity index (χ2n) is 2.84. The molecule has 1 aromatic carbocycles. The summed E-state index contributed by atoms with van der Waals surface area (Å²) >= 11 is 0.750. The Bertz CT molecular complexity index is 446. The van der Waals surface area contributed by atoms with Crippen molar-refractivity contribution in [1.82, 2.24) is 0 Å². The van der Waals surface area contributed by atoms with Crippen molar-refractivity contribution in [3.63, 3.8) is 0 Å². The topological polar surface area (TPSA) is 76.1 Å². The molecule has 0 aromatic heterocycles. The highest BCUT2D eigenvalue weighted by Crippen LogP contribution is 2.19. The monoisotopic (exact) mass is 234 g/mol. The Hall–Kier alpha value is -1.93. The van der Waals surface area contributed by atoms with Gasteiger partial charge < -0.3 is 10.5 Å². The number of nitrogens with zero attached hydrogens (tertiary/aromatic N) is 1. The van der Waals surface area contributed by atoms with E-state index < -0.39 is 5.91 Å². The van der Waals surface area contributed by atoms with Gasteiger partial charge in [0.25, 0.3) is 5.91 Å². The molecule has 0 unspecified atom stereocenters. The van der Waals surface area contributed by atoms with Crippen molar-refractivity contribution in [2.24, 2.45) is 5.73 Å². The van der Waals surface area contributed by atoms with Crippen LogP contribution >= 0.6 is 11.8 Å². The Labute approximate surface area is 97.7 Å². The molecule has 2 N–H and O–H groups in total. The molecule has 0 bridgehead atoms. The number of nitrogens with two attached hydrogens (primary N) is 1. The second-order valence-corrected chi connectivity index (χ2v) is 3.67. The first kappa shape index (κ1) is 12.1. The maximum absolute atomic E-state index is 11.0. The van der Waals surface area contributed by atoms with Gasteiger partial charge >= 0.3 is 0 Å². The smallest absolute Gasteiger partial charge is 0.256 e. The summed E-state index contributed by atoms with van der Waals surface area (Å²) in [4.78, 5) is 11.2. The van der Waals surface area contributed by atoms with Gasteiger partial charge in [-0.2, -0.15) is 5.26 Å². The average Bonchev–Trinajstić information content (AvgIpc) is 2.29. The molecular weight excluding hydrogens is 224 g/mol. The van der Waals surface area contributed by atoms with Gasteiger partial charge in [-0.25, -0.2) is 0 Å². The third-order valence-corrected chi connectivity index (χ3v) is 2.44. The lowest BCUT2D eigenvalue weighted by molar-refractivity contribution is -0.113. The van der Waals surface area contributed by atoms with Crippen LogP contribution in [0.25, 0.3) is 6.08 Å². The maximum Gasteiger partial charge on any atom is 0.256 e. The fourth-order valence-electron chi connectivity index (χ4n) is 1.05. The molecule has 16 heavy (non-hydrogen) atoms. The molecule has 1 aromatic rings. The first-order valence-corrected chi connectivity index (χ1v) is 5.20. The highest BCUT2D eigenvalue weighted by atomic mass is 32.2. The number of thioether (sulfide) groups is 1. The molecule has 0 aliphatic heterocycles. The van der Waals surface area contributed by atoms with Crippen LogP contribution in [-0.4, -0.2) is 13.0 Å². The summed E-state index contributed by atoms with van der Waals surface area (Å²) < 4.78 is 5.00. The van der Waals surface area contributed by atoms with Crippen LogP contribution in [0, 0.1) is 10.7 Å². The minimum absolute atomic E-state index is 0.215. The first-order valence-electron chi connectivity index (χ1n) is 4.39. The lowest BCUT2D eigenvalue weighted by Crippen LogP contribution is -2.11. The van der Waals surface area contributed by atoms with Crippen molar-refractivity contribution in [3.8, 4) is 11.2 Å². The zero-order valence-electron chi connectivity index (χ0n) is 8.64. The summed E-state index contributed by atoms with van der Waals surface area (Å²) in [5, 5.41) is 10.3. The van der Waals surface area contributed by atoms with Crippen molar-refractivity contribution in [2.75, 3.05) is 7.11 Å². The van der Waals surface area contributed by atoms with E-state index in [2.05, 4.69) is 0 Å². The minimum atomic E-state index is -0.609. The minimum Gasteiger partial charge on any atom is -0.497 e. The number of carbonyl (C=O) groups is 1. The summed E-state index contributed by atoms with van der Waals surface area (Å²) in [6, 6.07) is 7.09. The van der Waals surface area contributed by atoms with E-state index in [1.807, 2.05) is 5.40 Å². The fourth-order valence-corrected chi connectivity index (χ4v) is 1.45. The van der Waals surface area contributed by atoms with E-state index in [9.17, 15) is 4.79 Å². The van der Waals surface area contributed by atoms with E-state index in [4.69, 9.17) is 15.7 Å². The van der Waals surface area contributed by atoms with Crippen LogP contribution in [0.5, 0.6) is 5.75 Å². The van der Waals surface area contributed by atoms with Gasteiger partial charge in [0.2, 0.25) is 0 Å². The van der Waals surface area contributed by atoms with Gasteiger partial charge in [-0.05, 0) is 35.5 Å². The van der Waals surface area contributed by atoms with Gasteiger partial charge in [-0.3, -0.25) is 4.79 Å². The van der Waals surface area contributed by atoms with Crippen LogP contribution < -0.4 is 10.5 Å². The standard InChI is InChI=1S/C11H10N2O2S/c1-15-9-4-2-8(3-5-9)6-10(11(13)14)16-7-12/h2-6H,1H3,(H2,13,14)/b10-6-. The van der Waals surface area contributed by atoms with Gasteiger partial charge in [0, 0.05) is 0 Å². The molecular formula is C11H10N2O2S. The van der Waals surface area contributed by atoms with Crippen LogP contribution in [0.15, 0.2) is 29.2 Å². The van der Waals surface area contributed by atoms with E-state index in [0.717, 1.165) is 23.1 Å². The van der Waals surface area contributed by atoms with Crippen molar-refractivity contribution in [2.45, 2.75) is 0 Å². The van der Waals surface area contributed by atoms with Gasteiger partial charge in [0.1, 0.15) is 11.2 Å². The summed E-state index contributed by atoms with van der Waals surface area (Å²) in [7, 11) is 1.57. The Kier molecular flexibility index (Phi) is 4.42. The van der Waals surface area contributed by atoms with Crippen molar-refractivity contribution < 1.29 is 9.53 Å². The Morgan fingerprint density at radius 2 is 2.12 bits per heavy atom. The molecule has 0 radical (unpaired) electrons. The molecule has 0 saturated carbocycles. The predicted octanol–water partition coefficient (Wildman–Crippen LogP) is 1.74. The molecule has 0 fully saturated rings. The molecule has 0 aliphatic carbocycles. The largest absolute Gasteiger partial charge is 0.497 e. The summed E-state index contributed by atoms with van der Waals surface area (Å²) in [6.07, 6.45) is 1.57. The molecule has 0 aliphatic rings. The number of benzene rings is 1. The summed E-state index contributed by atoms with van der Waals surface area (Å²) in [6.45, 7) is 0. The SMILES string of the molecule is COc1ccc(/C=C(\SC#N)C(N)=O)cc1. The highest BCUT2D eigenvalue weighted by molar-refractivity contribution is 8.08. The molecule has 82 valence electrons. The number of methoxy groups -OCH3 is 1. The number of nitriles is 1. The Morgan fingerprint density at radius 1 is 1.50 bits per heavy atom. The zero-order chi connectivity index (χ0) is 12.0. The van der Waals surface area contributed by atoms with Crippen molar-refractivity contribution in [1.29, 1.82) is 5.26 Å². The normalized spacial score (nSPS) is 10.6. The van der Waals surface area contributed by atoms with Crippen LogP contribution in [-0.2, 0) is 4.79 Å². The molecule has 4 nitrogen and oxygen atoms in total. The quantitative estimate of drug-likeness (QED) is 0.636. The number of thiocyanates is 1. The van der Waals surface area contributed by atoms with Crippen LogP contribution in [0.1, 0.15) is 5.56 Å². The molecule has 0 saturated heterocycles. The van der Waals surface area contributed by atoms with Gasteiger partial charge in [0.05, 0.1) is 12.0 Å². The predicted molar refractivity (Wildman–Crippen MR) is 63.4 cm³/mol. The molecule has 0 spiro atoms. The number of rotatable bonds is 4. The van der Waals surface area contributed by atoms with Gasteiger partial charge in [0.15, 0.2) is 0 Å². The number of hydrogen-bond acceptors (Lipinski definition) is 4. The number of ether oxygens (including phenoxy) is 1. The Morgan fingerprint density at radius 3 is 2.56 bits per heavy atom. The van der Waals surface area contributed by atoms with Gasteiger partial charge in [-0.1, -0.05) is 12.1 Å². The van der Waals surface area contributed by atoms with Crippen LogP contribution in [0.4, 0.5) is 0 Å². The number of hydrogen-bond donors (Lipinski definition) is 1. The van der Waals surface area contributed by atoms with Crippen LogP contribution in [0.2, 0.25) is 0 Å². The lowest BCUT2D eigenvalue weighted by Gasteiger charge is -2.00. The molecule has 1 rings (SSSR count). The van der Waals surface area contributed by atoms with E-state index >= 15 is 0 Å². The lowest BCUT2D eigenvalue weighted by atomic mass is 10.2. The molecule has 5 heteroatoms. The number of carbonyl (C=O) groups excluding carboxylic acids is 1. The van der Waals surface area contributed by atoms with Gasteiger partial charge in [-0.15, -0.1) is 0 Å². The third kappa shape index (κ3) is 3.33. The number of amides is 1. The Balaban J connectivity index is 2.95. The number of primary amides is 1. The summed E-state index contributed by atoms with van der Waals surface area (Å²) in [5.74, 6) is 0.119. The fraction of sp³-hybridized carbons (Fsp3) is 0.0909. The average molecular weight is 234 g/mol. The first-order chi connectivity index (χ1) is 7.67. The van der Waals surface area contributed by atoms with E-state index in [0.29, 0.717) is 0 Å². The third-order valence-electron chi connectivity index (χ3n) is 1.81. The molecule has 0 atom stereocenters.